The van der Waals surface area contributed by atoms with E-state index in [4.69, 9.17) is 4.74 Å². The minimum Gasteiger partial charge on any atom is -0.497 e. The topological polar surface area (TPSA) is 75.3 Å². The van der Waals surface area contributed by atoms with Crippen LogP contribution in [0.2, 0.25) is 0 Å². The summed E-state index contributed by atoms with van der Waals surface area (Å²) in [5, 5.41) is 0. The summed E-state index contributed by atoms with van der Waals surface area (Å²) in [6.07, 6.45) is 2.55. The van der Waals surface area contributed by atoms with Crippen molar-refractivity contribution >= 4 is 10.0 Å². The fraction of sp³-hybridized carbons (Fsp3) is 0.400. The molecule has 1 fully saturated rings. The van der Waals surface area contributed by atoms with E-state index >= 15 is 0 Å². The van der Waals surface area contributed by atoms with E-state index in [9.17, 15) is 8.42 Å². The van der Waals surface area contributed by atoms with Crippen molar-refractivity contribution < 1.29 is 13.2 Å². The van der Waals surface area contributed by atoms with Crippen molar-refractivity contribution in [2.45, 2.75) is 24.2 Å². The number of sulfonamides is 1. The highest BCUT2D eigenvalue weighted by atomic mass is 32.2. The molecule has 7 heteroatoms. The Morgan fingerprint density at radius 1 is 1.32 bits per heavy atom. The summed E-state index contributed by atoms with van der Waals surface area (Å²) in [6.45, 7) is 2.91. The molecule has 22 heavy (non-hydrogen) atoms. The van der Waals surface area contributed by atoms with Gasteiger partial charge in [-0.25, -0.2) is 13.4 Å². The van der Waals surface area contributed by atoms with E-state index in [0.717, 1.165) is 17.9 Å². The number of benzene rings is 1. The average molecular weight is 321 g/mol. The highest BCUT2D eigenvalue weighted by Crippen LogP contribution is 2.30. The molecule has 1 saturated heterocycles. The predicted octanol–water partition coefficient (Wildman–Crippen LogP) is 1.90. The summed E-state index contributed by atoms with van der Waals surface area (Å²) >= 11 is 0. The fourth-order valence-electron chi connectivity index (χ4n) is 2.71. The second-order valence-corrected chi connectivity index (χ2v) is 7.41. The Labute approximate surface area is 130 Å². The zero-order chi connectivity index (χ0) is 15.7. The minimum atomic E-state index is -3.46. The van der Waals surface area contributed by atoms with E-state index in [2.05, 4.69) is 9.97 Å². The molecule has 6 nitrogen and oxygen atoms in total. The molecule has 118 valence electrons. The Morgan fingerprint density at radius 2 is 2.05 bits per heavy atom. The van der Waals surface area contributed by atoms with Crippen LogP contribution in [0.1, 0.15) is 23.9 Å². The van der Waals surface area contributed by atoms with Gasteiger partial charge in [0.15, 0.2) is 0 Å². The van der Waals surface area contributed by atoms with Crippen LogP contribution in [-0.4, -0.2) is 42.9 Å². The van der Waals surface area contributed by atoms with Crippen LogP contribution in [-0.2, 0) is 10.0 Å². The number of nitrogens with zero attached hydrogens (tertiary/aromatic N) is 2. The van der Waals surface area contributed by atoms with Crippen LogP contribution >= 0.6 is 0 Å². The molecule has 1 N–H and O–H groups in total. The molecule has 0 aliphatic carbocycles. The first-order valence-corrected chi connectivity index (χ1v) is 8.60. The number of H-pyrrole nitrogens is 1. The first kappa shape index (κ1) is 15.1. The number of rotatable bonds is 4. The molecule has 0 spiro atoms. The van der Waals surface area contributed by atoms with Gasteiger partial charge in [0.25, 0.3) is 0 Å². The lowest BCUT2D eigenvalue weighted by Crippen LogP contribution is -2.28. The number of aromatic nitrogens is 2. The number of imidazole rings is 1. The Hall–Kier alpha value is -1.86. The molecule has 0 amide bonds. The van der Waals surface area contributed by atoms with Gasteiger partial charge < -0.3 is 9.72 Å². The Bertz CT molecular complexity index is 753. The molecular formula is C15H19N3O3S. The summed E-state index contributed by atoms with van der Waals surface area (Å²) in [5.74, 6) is 1.64. The SMILES string of the molecule is COc1ccc(S(=O)(=O)N2CCC(c3ncc(C)[nH]3)C2)cc1. The van der Waals surface area contributed by atoms with Crippen molar-refractivity contribution in [3.8, 4) is 5.75 Å². The molecule has 1 unspecified atom stereocenters. The fourth-order valence-corrected chi connectivity index (χ4v) is 4.21. The summed E-state index contributed by atoms with van der Waals surface area (Å²) in [6, 6.07) is 6.49. The molecule has 1 aliphatic rings. The van der Waals surface area contributed by atoms with Crippen molar-refractivity contribution in [1.82, 2.24) is 14.3 Å². The molecular weight excluding hydrogens is 302 g/mol. The summed E-state index contributed by atoms with van der Waals surface area (Å²) in [5.41, 5.74) is 0.992. The Kier molecular flexibility index (Phi) is 3.92. The molecule has 1 aromatic heterocycles. The molecule has 1 atom stereocenters. The van der Waals surface area contributed by atoms with Crippen molar-refractivity contribution in [3.05, 3.63) is 42.0 Å². The Morgan fingerprint density at radius 3 is 2.64 bits per heavy atom. The maximum atomic E-state index is 12.7. The second kappa shape index (κ2) is 5.73. The zero-order valence-corrected chi connectivity index (χ0v) is 13.4. The first-order valence-electron chi connectivity index (χ1n) is 7.16. The van der Waals surface area contributed by atoms with Crippen LogP contribution in [0.15, 0.2) is 35.4 Å². The number of aromatic amines is 1. The standard InChI is InChI=1S/C15H19N3O3S/c1-11-9-16-15(17-11)12-7-8-18(10-12)22(19,20)14-5-3-13(21-2)4-6-14/h3-6,9,12H,7-8,10H2,1-2H3,(H,16,17). The van der Waals surface area contributed by atoms with Gasteiger partial charge >= 0.3 is 0 Å². The maximum Gasteiger partial charge on any atom is 0.243 e. The number of methoxy groups -OCH3 is 1. The van der Waals surface area contributed by atoms with Gasteiger partial charge in [-0.1, -0.05) is 0 Å². The van der Waals surface area contributed by atoms with E-state index in [-0.39, 0.29) is 5.92 Å². The normalized spacial score (nSPS) is 19.5. The number of nitrogens with one attached hydrogen (secondary N) is 1. The third-order valence-corrected chi connectivity index (χ3v) is 5.84. The first-order chi connectivity index (χ1) is 10.5. The van der Waals surface area contributed by atoms with Gasteiger partial charge in [0.2, 0.25) is 10.0 Å². The van der Waals surface area contributed by atoms with E-state index in [0.29, 0.717) is 23.7 Å². The van der Waals surface area contributed by atoms with Gasteiger partial charge in [-0.05, 0) is 37.6 Å². The number of hydrogen-bond acceptors (Lipinski definition) is 4. The summed E-state index contributed by atoms with van der Waals surface area (Å²) < 4.78 is 31.9. The van der Waals surface area contributed by atoms with Crippen LogP contribution in [0.4, 0.5) is 0 Å². The minimum absolute atomic E-state index is 0.127. The highest BCUT2D eigenvalue weighted by Gasteiger charge is 2.34. The molecule has 0 saturated carbocycles. The number of hydrogen-bond donors (Lipinski definition) is 1. The van der Waals surface area contributed by atoms with E-state index in [1.165, 1.54) is 4.31 Å². The van der Waals surface area contributed by atoms with Gasteiger partial charge in [0, 0.05) is 30.9 Å². The maximum absolute atomic E-state index is 12.7. The van der Waals surface area contributed by atoms with Crippen LogP contribution in [0.3, 0.4) is 0 Å². The molecule has 2 heterocycles. The summed E-state index contributed by atoms with van der Waals surface area (Å²) in [4.78, 5) is 7.81. The molecule has 0 bridgehead atoms. The third-order valence-electron chi connectivity index (χ3n) is 3.96. The van der Waals surface area contributed by atoms with Gasteiger partial charge in [-0.2, -0.15) is 4.31 Å². The van der Waals surface area contributed by atoms with Crippen molar-refractivity contribution in [1.29, 1.82) is 0 Å². The molecule has 1 aliphatic heterocycles. The molecule has 2 aromatic rings. The van der Waals surface area contributed by atoms with E-state index < -0.39 is 10.0 Å². The van der Waals surface area contributed by atoms with Crippen molar-refractivity contribution in [2.75, 3.05) is 20.2 Å². The molecule has 0 radical (unpaired) electrons. The predicted molar refractivity (Wildman–Crippen MR) is 82.4 cm³/mol. The van der Waals surface area contributed by atoms with Crippen LogP contribution < -0.4 is 4.74 Å². The van der Waals surface area contributed by atoms with Crippen molar-refractivity contribution in [3.63, 3.8) is 0 Å². The smallest absolute Gasteiger partial charge is 0.243 e. The third kappa shape index (κ3) is 2.74. The number of aryl methyl sites for hydroxylation is 1. The number of ether oxygens (including phenoxy) is 1. The molecule has 3 rings (SSSR count). The lowest BCUT2D eigenvalue weighted by atomic mass is 10.1. The molecule has 1 aromatic carbocycles. The summed E-state index contributed by atoms with van der Waals surface area (Å²) in [7, 11) is -1.91. The van der Waals surface area contributed by atoms with Gasteiger partial charge in [-0.3, -0.25) is 0 Å². The average Bonchev–Trinajstić information content (AvgIpc) is 3.16. The van der Waals surface area contributed by atoms with E-state index in [1.54, 1.807) is 37.6 Å². The lowest BCUT2D eigenvalue weighted by Gasteiger charge is -2.16. The van der Waals surface area contributed by atoms with Gasteiger partial charge in [-0.15, -0.1) is 0 Å². The zero-order valence-electron chi connectivity index (χ0n) is 12.6. The van der Waals surface area contributed by atoms with Crippen molar-refractivity contribution in [2.24, 2.45) is 0 Å². The van der Waals surface area contributed by atoms with Crippen LogP contribution in [0, 0.1) is 6.92 Å². The van der Waals surface area contributed by atoms with Crippen LogP contribution in [0.5, 0.6) is 5.75 Å². The largest absolute Gasteiger partial charge is 0.497 e. The quantitative estimate of drug-likeness (QED) is 0.933. The van der Waals surface area contributed by atoms with E-state index in [1.807, 2.05) is 6.92 Å². The second-order valence-electron chi connectivity index (χ2n) is 5.48. The highest BCUT2D eigenvalue weighted by molar-refractivity contribution is 7.89. The lowest BCUT2D eigenvalue weighted by molar-refractivity contribution is 0.414. The van der Waals surface area contributed by atoms with Gasteiger partial charge in [0.05, 0.1) is 12.0 Å². The Balaban J connectivity index is 1.78. The van der Waals surface area contributed by atoms with Crippen LogP contribution in [0.25, 0.3) is 0 Å². The van der Waals surface area contributed by atoms with Gasteiger partial charge in [0.1, 0.15) is 11.6 Å². The monoisotopic (exact) mass is 321 g/mol.